The van der Waals surface area contributed by atoms with Crippen molar-refractivity contribution in [3.05, 3.63) is 33.8 Å². The molecule has 3 nitrogen and oxygen atoms in total. The zero-order valence-corrected chi connectivity index (χ0v) is 10.1. The summed E-state index contributed by atoms with van der Waals surface area (Å²) < 4.78 is 0.894. The fourth-order valence-electron chi connectivity index (χ4n) is 1.98. The van der Waals surface area contributed by atoms with Crippen molar-refractivity contribution in [3.63, 3.8) is 0 Å². The van der Waals surface area contributed by atoms with Gasteiger partial charge in [0.25, 0.3) is 0 Å². The summed E-state index contributed by atoms with van der Waals surface area (Å²) in [6, 6.07) is 7.41. The van der Waals surface area contributed by atoms with Crippen LogP contribution >= 0.6 is 15.9 Å². The molecule has 0 spiro atoms. The summed E-state index contributed by atoms with van der Waals surface area (Å²) in [4.78, 5) is 10.8. The molecule has 1 saturated carbocycles. The Hall–Kier alpha value is -1.34. The fourth-order valence-corrected chi connectivity index (χ4v) is 2.65. The van der Waals surface area contributed by atoms with Crippen LogP contribution in [0.25, 0.3) is 0 Å². The van der Waals surface area contributed by atoms with Crippen LogP contribution in [0.15, 0.2) is 22.7 Å². The summed E-state index contributed by atoms with van der Waals surface area (Å²) in [6.45, 7) is 0. The maximum Gasteiger partial charge on any atom is 0.304 e. The quantitative estimate of drug-likeness (QED) is 0.926. The molecule has 0 heterocycles. The summed E-state index contributed by atoms with van der Waals surface area (Å²) >= 11 is 3.42. The maximum absolute atomic E-state index is 10.8. The minimum Gasteiger partial charge on any atom is -0.481 e. The minimum atomic E-state index is -0.785. The smallest absolute Gasteiger partial charge is 0.304 e. The highest BCUT2D eigenvalue weighted by atomic mass is 79.9. The number of carboxylic acid groups (broad SMARTS) is 1. The molecule has 1 N–H and O–H groups in total. The molecule has 4 heteroatoms. The number of hydrogen-bond acceptors (Lipinski definition) is 2. The lowest BCUT2D eigenvalue weighted by Gasteiger charge is -2.15. The predicted octanol–water partition coefficient (Wildman–Crippen LogP) is 2.83. The van der Waals surface area contributed by atoms with E-state index in [1.165, 1.54) is 0 Å². The maximum atomic E-state index is 10.8. The standard InChI is InChI=1S/C12H10BrNO2/c13-10-2-1-8(7-14)5-9(10)12(3-4-12)6-11(15)16/h1-2,5H,3-4,6H2,(H,15,16). The molecule has 0 aliphatic heterocycles. The van der Waals surface area contributed by atoms with E-state index in [0.717, 1.165) is 22.9 Å². The van der Waals surface area contributed by atoms with E-state index in [0.29, 0.717) is 5.56 Å². The van der Waals surface area contributed by atoms with E-state index < -0.39 is 5.97 Å². The second kappa shape index (κ2) is 3.91. The lowest BCUT2D eigenvalue weighted by molar-refractivity contribution is -0.137. The van der Waals surface area contributed by atoms with Gasteiger partial charge in [-0.3, -0.25) is 4.79 Å². The van der Waals surface area contributed by atoms with Gasteiger partial charge in [0.05, 0.1) is 18.1 Å². The molecular weight excluding hydrogens is 270 g/mol. The predicted molar refractivity (Wildman–Crippen MR) is 62.0 cm³/mol. The van der Waals surface area contributed by atoms with E-state index >= 15 is 0 Å². The lowest BCUT2D eigenvalue weighted by atomic mass is 9.91. The average Bonchev–Trinajstić information content (AvgIpc) is 2.98. The van der Waals surface area contributed by atoms with Crippen molar-refractivity contribution in [2.45, 2.75) is 24.7 Å². The molecule has 1 aliphatic rings. The third kappa shape index (κ3) is 1.96. The van der Waals surface area contributed by atoms with Crippen LogP contribution in [0.3, 0.4) is 0 Å². The topological polar surface area (TPSA) is 61.1 Å². The zero-order valence-electron chi connectivity index (χ0n) is 8.53. The van der Waals surface area contributed by atoms with Crippen molar-refractivity contribution < 1.29 is 9.90 Å². The highest BCUT2D eigenvalue weighted by Crippen LogP contribution is 2.53. The monoisotopic (exact) mass is 279 g/mol. The Kier molecular flexibility index (Phi) is 2.73. The van der Waals surface area contributed by atoms with Crippen molar-refractivity contribution in [1.82, 2.24) is 0 Å². The van der Waals surface area contributed by atoms with Gasteiger partial charge in [-0.25, -0.2) is 0 Å². The van der Waals surface area contributed by atoms with E-state index in [9.17, 15) is 4.79 Å². The molecule has 0 radical (unpaired) electrons. The van der Waals surface area contributed by atoms with E-state index in [2.05, 4.69) is 22.0 Å². The Balaban J connectivity index is 2.40. The average molecular weight is 280 g/mol. The van der Waals surface area contributed by atoms with Crippen molar-refractivity contribution in [2.24, 2.45) is 0 Å². The molecule has 0 aromatic heterocycles. The van der Waals surface area contributed by atoms with E-state index in [1.807, 2.05) is 6.07 Å². The molecule has 16 heavy (non-hydrogen) atoms. The third-order valence-corrected chi connectivity index (χ3v) is 3.70. The first kappa shape index (κ1) is 11.2. The first-order valence-corrected chi connectivity index (χ1v) is 5.79. The Morgan fingerprint density at radius 3 is 2.75 bits per heavy atom. The first-order valence-electron chi connectivity index (χ1n) is 4.99. The van der Waals surface area contributed by atoms with Crippen LogP contribution in [-0.2, 0) is 10.2 Å². The third-order valence-electron chi connectivity index (χ3n) is 3.01. The highest BCUT2D eigenvalue weighted by Gasteiger charge is 2.47. The van der Waals surface area contributed by atoms with Crippen LogP contribution in [0.2, 0.25) is 0 Å². The number of carbonyl (C=O) groups is 1. The van der Waals surface area contributed by atoms with Gasteiger partial charge in [-0.05, 0) is 36.6 Å². The van der Waals surface area contributed by atoms with Gasteiger partial charge in [-0.15, -0.1) is 0 Å². The zero-order chi connectivity index (χ0) is 11.8. The number of hydrogen-bond donors (Lipinski definition) is 1. The number of aliphatic carboxylic acids is 1. The van der Waals surface area contributed by atoms with Crippen molar-refractivity contribution >= 4 is 21.9 Å². The Morgan fingerprint density at radius 2 is 2.25 bits per heavy atom. The van der Waals surface area contributed by atoms with Crippen LogP contribution in [0.5, 0.6) is 0 Å². The molecular formula is C12H10BrNO2. The molecule has 0 saturated heterocycles. The first-order chi connectivity index (χ1) is 7.57. The molecule has 82 valence electrons. The van der Waals surface area contributed by atoms with Crippen molar-refractivity contribution in [3.8, 4) is 6.07 Å². The van der Waals surface area contributed by atoms with E-state index in [1.54, 1.807) is 12.1 Å². The van der Waals surface area contributed by atoms with Crippen LogP contribution in [0, 0.1) is 11.3 Å². The second-order valence-corrected chi connectivity index (χ2v) is 5.01. The molecule has 1 aromatic rings. The number of rotatable bonds is 3. The van der Waals surface area contributed by atoms with Gasteiger partial charge in [0.2, 0.25) is 0 Å². The van der Waals surface area contributed by atoms with Crippen molar-refractivity contribution in [1.29, 1.82) is 5.26 Å². The second-order valence-electron chi connectivity index (χ2n) is 4.16. The van der Waals surface area contributed by atoms with Gasteiger partial charge < -0.3 is 5.11 Å². The van der Waals surface area contributed by atoms with E-state index in [-0.39, 0.29) is 11.8 Å². The van der Waals surface area contributed by atoms with Gasteiger partial charge in [-0.1, -0.05) is 15.9 Å². The van der Waals surface area contributed by atoms with Gasteiger partial charge in [-0.2, -0.15) is 5.26 Å². The van der Waals surface area contributed by atoms with Crippen molar-refractivity contribution in [2.75, 3.05) is 0 Å². The highest BCUT2D eigenvalue weighted by molar-refractivity contribution is 9.10. The Morgan fingerprint density at radius 1 is 1.56 bits per heavy atom. The number of nitriles is 1. The Bertz CT molecular complexity index is 486. The molecule has 0 amide bonds. The van der Waals surface area contributed by atoms with Gasteiger partial charge in [0.1, 0.15) is 0 Å². The summed E-state index contributed by atoms with van der Waals surface area (Å²) in [5, 5.41) is 17.7. The van der Waals surface area contributed by atoms with Gasteiger partial charge in [0, 0.05) is 9.89 Å². The fraction of sp³-hybridized carbons (Fsp3) is 0.333. The summed E-state index contributed by atoms with van der Waals surface area (Å²) in [5.41, 5.74) is 1.28. The van der Waals surface area contributed by atoms with Gasteiger partial charge in [0.15, 0.2) is 0 Å². The summed E-state index contributed by atoms with van der Waals surface area (Å²) in [6.07, 6.45) is 1.90. The van der Waals surface area contributed by atoms with Gasteiger partial charge >= 0.3 is 5.97 Å². The molecule has 1 fully saturated rings. The van der Waals surface area contributed by atoms with Crippen LogP contribution < -0.4 is 0 Å². The number of carboxylic acids is 1. The largest absolute Gasteiger partial charge is 0.481 e. The number of benzene rings is 1. The SMILES string of the molecule is N#Cc1ccc(Br)c(C2(CC(=O)O)CC2)c1. The summed E-state index contributed by atoms with van der Waals surface area (Å²) in [7, 11) is 0. The van der Waals surface area contributed by atoms with Crippen LogP contribution in [0.4, 0.5) is 0 Å². The molecule has 1 aromatic carbocycles. The lowest BCUT2D eigenvalue weighted by Crippen LogP contribution is -2.13. The minimum absolute atomic E-state index is 0.139. The molecule has 1 aliphatic carbocycles. The van der Waals surface area contributed by atoms with Crippen LogP contribution in [0.1, 0.15) is 30.4 Å². The molecule has 0 unspecified atom stereocenters. The molecule has 0 bridgehead atoms. The van der Waals surface area contributed by atoms with E-state index in [4.69, 9.17) is 10.4 Å². The summed E-state index contributed by atoms with van der Waals surface area (Å²) in [5.74, 6) is -0.785. The van der Waals surface area contributed by atoms with Crippen LogP contribution in [-0.4, -0.2) is 11.1 Å². The molecule has 2 rings (SSSR count). The molecule has 0 atom stereocenters. The Labute approximate surface area is 102 Å². The number of halogens is 1. The number of nitrogens with zero attached hydrogens (tertiary/aromatic N) is 1. The normalized spacial score (nSPS) is 16.5.